The molecule has 0 aromatic heterocycles. The lowest BCUT2D eigenvalue weighted by molar-refractivity contribution is -0.145. The normalized spacial score (nSPS) is 28.9. The van der Waals surface area contributed by atoms with E-state index in [0.717, 1.165) is 32.0 Å². The molecule has 1 rings (SSSR count). The zero-order chi connectivity index (χ0) is 13.8. The van der Waals surface area contributed by atoms with Gasteiger partial charge in [0.15, 0.2) is 0 Å². The first kappa shape index (κ1) is 15.4. The average Bonchev–Trinajstić information content (AvgIpc) is 2.31. The average molecular weight is 256 g/mol. The minimum atomic E-state index is -0.823. The molecule has 3 atom stereocenters. The van der Waals surface area contributed by atoms with Gasteiger partial charge >= 0.3 is 5.97 Å². The Bertz CT molecular complexity index is 283. The molecule has 0 aliphatic carbocycles. The molecule has 1 heterocycles. The lowest BCUT2D eigenvalue weighted by Crippen LogP contribution is -2.58. The van der Waals surface area contributed by atoms with Crippen LogP contribution in [0.1, 0.15) is 40.5 Å². The Balaban J connectivity index is 2.58. The highest BCUT2D eigenvalue weighted by Crippen LogP contribution is 2.23. The molecule has 3 unspecified atom stereocenters. The molecule has 0 radical (unpaired) electrons. The fourth-order valence-corrected chi connectivity index (χ4v) is 2.54. The van der Waals surface area contributed by atoms with Crippen LogP contribution in [0.3, 0.4) is 0 Å². The number of likely N-dealkylation sites (tertiary alicyclic amines) is 1. The van der Waals surface area contributed by atoms with Crippen molar-refractivity contribution in [3.05, 3.63) is 0 Å². The van der Waals surface area contributed by atoms with Crippen molar-refractivity contribution in [1.82, 2.24) is 10.2 Å². The summed E-state index contributed by atoms with van der Waals surface area (Å²) < 4.78 is 0. The van der Waals surface area contributed by atoms with Gasteiger partial charge in [0.05, 0.1) is 0 Å². The second-order valence-electron chi connectivity index (χ2n) is 6.04. The number of carboxylic acid groups (broad SMARTS) is 1. The van der Waals surface area contributed by atoms with Crippen molar-refractivity contribution >= 4 is 5.97 Å². The summed E-state index contributed by atoms with van der Waals surface area (Å²) in [5.74, 6) is 0.658. The molecule has 0 spiro atoms. The third-order valence-corrected chi connectivity index (χ3v) is 4.20. The van der Waals surface area contributed by atoms with Gasteiger partial charge in [-0.15, -0.1) is 0 Å². The minimum Gasteiger partial charge on any atom is -0.480 e. The predicted molar refractivity (Wildman–Crippen MR) is 73.7 cm³/mol. The summed E-state index contributed by atoms with van der Waals surface area (Å²) in [6, 6.07) is 0. The highest BCUT2D eigenvalue weighted by atomic mass is 16.4. The molecule has 4 nitrogen and oxygen atoms in total. The Kier molecular flexibility index (Phi) is 5.60. The highest BCUT2D eigenvalue weighted by molar-refractivity contribution is 5.78. The minimum absolute atomic E-state index is 0.597. The Hall–Kier alpha value is -0.610. The van der Waals surface area contributed by atoms with E-state index in [2.05, 4.69) is 31.0 Å². The molecule has 4 heteroatoms. The van der Waals surface area contributed by atoms with Gasteiger partial charge in [-0.3, -0.25) is 4.79 Å². The van der Waals surface area contributed by atoms with Gasteiger partial charge in [0.25, 0.3) is 0 Å². The van der Waals surface area contributed by atoms with Gasteiger partial charge in [-0.05, 0) is 44.7 Å². The van der Waals surface area contributed by atoms with Crippen molar-refractivity contribution in [3.8, 4) is 0 Å². The Labute approximate surface area is 111 Å². The fraction of sp³-hybridized carbons (Fsp3) is 0.929. The molecule has 0 amide bonds. The van der Waals surface area contributed by atoms with E-state index < -0.39 is 11.5 Å². The second-order valence-corrected chi connectivity index (χ2v) is 6.04. The van der Waals surface area contributed by atoms with E-state index in [1.165, 1.54) is 6.42 Å². The molecule has 18 heavy (non-hydrogen) atoms. The van der Waals surface area contributed by atoms with Crippen molar-refractivity contribution < 1.29 is 9.90 Å². The molecule has 0 saturated carbocycles. The van der Waals surface area contributed by atoms with E-state index >= 15 is 0 Å². The Morgan fingerprint density at radius 1 is 1.44 bits per heavy atom. The first-order valence-corrected chi connectivity index (χ1v) is 7.10. The standard InChI is InChI=1S/C14H28N2O2/c1-5-7-15-14(4,13(17)18)10-16-8-6-11(2)12(3)9-16/h11-12,15H,5-10H2,1-4H3,(H,17,18). The van der Waals surface area contributed by atoms with Gasteiger partial charge < -0.3 is 15.3 Å². The van der Waals surface area contributed by atoms with Crippen LogP contribution in [0, 0.1) is 11.8 Å². The first-order chi connectivity index (χ1) is 8.39. The van der Waals surface area contributed by atoms with Crippen LogP contribution in [-0.4, -0.2) is 47.7 Å². The number of nitrogens with one attached hydrogen (secondary N) is 1. The smallest absolute Gasteiger partial charge is 0.324 e. The predicted octanol–water partition coefficient (Wildman–Crippen LogP) is 1.81. The summed E-state index contributed by atoms with van der Waals surface area (Å²) >= 11 is 0. The number of piperidine rings is 1. The summed E-state index contributed by atoms with van der Waals surface area (Å²) in [7, 11) is 0. The third-order valence-electron chi connectivity index (χ3n) is 4.20. The number of hydrogen-bond acceptors (Lipinski definition) is 3. The number of nitrogens with zero attached hydrogens (tertiary/aromatic N) is 1. The quantitative estimate of drug-likeness (QED) is 0.761. The number of carbonyl (C=O) groups is 1. The lowest BCUT2D eigenvalue weighted by Gasteiger charge is -2.39. The lowest BCUT2D eigenvalue weighted by atomic mass is 9.87. The van der Waals surface area contributed by atoms with Crippen LogP contribution in [0.15, 0.2) is 0 Å². The van der Waals surface area contributed by atoms with Crippen molar-refractivity contribution in [3.63, 3.8) is 0 Å². The monoisotopic (exact) mass is 256 g/mol. The highest BCUT2D eigenvalue weighted by Gasteiger charge is 2.36. The topological polar surface area (TPSA) is 52.6 Å². The fourth-order valence-electron chi connectivity index (χ4n) is 2.54. The van der Waals surface area contributed by atoms with E-state index in [4.69, 9.17) is 0 Å². The molecular formula is C14H28N2O2. The van der Waals surface area contributed by atoms with Crippen LogP contribution in [0.25, 0.3) is 0 Å². The molecule has 0 bridgehead atoms. The van der Waals surface area contributed by atoms with Crippen LogP contribution in [0.5, 0.6) is 0 Å². The number of aliphatic carboxylic acids is 1. The van der Waals surface area contributed by atoms with Crippen molar-refractivity contribution in [1.29, 1.82) is 0 Å². The molecule has 106 valence electrons. The molecule has 0 aromatic rings. The van der Waals surface area contributed by atoms with E-state index in [-0.39, 0.29) is 0 Å². The summed E-state index contributed by atoms with van der Waals surface area (Å²) in [5.41, 5.74) is -0.823. The number of carboxylic acids is 1. The summed E-state index contributed by atoms with van der Waals surface area (Å²) in [5, 5.41) is 12.6. The maximum atomic E-state index is 11.5. The van der Waals surface area contributed by atoms with Gasteiger partial charge in [-0.2, -0.15) is 0 Å². The molecule has 1 aliphatic heterocycles. The van der Waals surface area contributed by atoms with Crippen molar-refractivity contribution in [2.75, 3.05) is 26.2 Å². The van der Waals surface area contributed by atoms with Crippen molar-refractivity contribution in [2.45, 2.75) is 46.1 Å². The zero-order valence-electron chi connectivity index (χ0n) is 12.2. The Morgan fingerprint density at radius 3 is 2.61 bits per heavy atom. The molecule has 0 aromatic carbocycles. The second kappa shape index (κ2) is 6.53. The SMILES string of the molecule is CCCNC(C)(CN1CCC(C)C(C)C1)C(=O)O. The van der Waals surface area contributed by atoms with E-state index in [1.54, 1.807) is 6.92 Å². The first-order valence-electron chi connectivity index (χ1n) is 7.10. The number of hydrogen-bond donors (Lipinski definition) is 2. The Morgan fingerprint density at radius 2 is 2.11 bits per heavy atom. The zero-order valence-corrected chi connectivity index (χ0v) is 12.2. The molecule has 2 N–H and O–H groups in total. The summed E-state index contributed by atoms with van der Waals surface area (Å²) in [6.07, 6.45) is 2.13. The van der Waals surface area contributed by atoms with Crippen LogP contribution in [0.2, 0.25) is 0 Å². The number of rotatable bonds is 6. The van der Waals surface area contributed by atoms with Gasteiger partial charge in [0.2, 0.25) is 0 Å². The maximum Gasteiger partial charge on any atom is 0.324 e. The summed E-state index contributed by atoms with van der Waals surface area (Å²) in [4.78, 5) is 13.8. The van der Waals surface area contributed by atoms with Crippen LogP contribution in [-0.2, 0) is 4.79 Å². The molecule has 1 fully saturated rings. The maximum absolute atomic E-state index is 11.5. The van der Waals surface area contributed by atoms with Gasteiger partial charge in [-0.1, -0.05) is 20.8 Å². The van der Waals surface area contributed by atoms with Crippen molar-refractivity contribution in [2.24, 2.45) is 11.8 Å². The molecule has 1 aliphatic rings. The van der Waals surface area contributed by atoms with Crippen LogP contribution < -0.4 is 5.32 Å². The van der Waals surface area contributed by atoms with Gasteiger partial charge in [0, 0.05) is 13.1 Å². The largest absolute Gasteiger partial charge is 0.480 e. The van der Waals surface area contributed by atoms with Crippen LogP contribution in [0.4, 0.5) is 0 Å². The third kappa shape index (κ3) is 3.95. The van der Waals surface area contributed by atoms with Gasteiger partial charge in [-0.25, -0.2) is 0 Å². The van der Waals surface area contributed by atoms with E-state index in [0.29, 0.717) is 12.5 Å². The molecular weight excluding hydrogens is 228 g/mol. The van der Waals surface area contributed by atoms with Gasteiger partial charge in [0.1, 0.15) is 5.54 Å². The van der Waals surface area contributed by atoms with Crippen LogP contribution >= 0.6 is 0 Å². The van der Waals surface area contributed by atoms with E-state index in [9.17, 15) is 9.90 Å². The van der Waals surface area contributed by atoms with E-state index in [1.807, 2.05) is 0 Å². The molecule has 1 saturated heterocycles. The summed E-state index contributed by atoms with van der Waals surface area (Å²) in [6.45, 7) is 11.8.